The SMILES string of the molecule is COCc1cnc(CN2CCC(C)(CN)C2)s1.Cl. The third kappa shape index (κ3) is 3.90. The number of thiazole rings is 1. The quantitative estimate of drug-likeness (QED) is 0.900. The third-order valence-electron chi connectivity index (χ3n) is 3.38. The first-order valence-electron chi connectivity index (χ1n) is 6.00. The van der Waals surface area contributed by atoms with E-state index in [0.717, 1.165) is 26.2 Å². The monoisotopic (exact) mass is 291 g/mol. The first kappa shape index (κ1) is 15.9. The number of hydrogen-bond acceptors (Lipinski definition) is 5. The minimum absolute atomic E-state index is 0. The zero-order valence-corrected chi connectivity index (χ0v) is 12.6. The van der Waals surface area contributed by atoms with Crippen molar-refractivity contribution in [3.05, 3.63) is 16.1 Å². The highest BCUT2D eigenvalue weighted by atomic mass is 35.5. The normalized spacial score (nSPS) is 24.2. The summed E-state index contributed by atoms with van der Waals surface area (Å²) in [6.45, 7) is 6.87. The number of nitrogens with zero attached hydrogens (tertiary/aromatic N) is 2. The molecule has 2 rings (SSSR count). The Morgan fingerprint density at radius 2 is 2.39 bits per heavy atom. The maximum atomic E-state index is 5.81. The summed E-state index contributed by atoms with van der Waals surface area (Å²) >= 11 is 1.74. The summed E-state index contributed by atoms with van der Waals surface area (Å²) in [6, 6.07) is 0. The van der Waals surface area contributed by atoms with Gasteiger partial charge in [-0.3, -0.25) is 4.90 Å². The first-order chi connectivity index (χ1) is 8.15. The number of hydrogen-bond donors (Lipinski definition) is 1. The van der Waals surface area contributed by atoms with Gasteiger partial charge in [0.05, 0.1) is 18.0 Å². The minimum atomic E-state index is 0. The molecule has 18 heavy (non-hydrogen) atoms. The Morgan fingerprint density at radius 1 is 1.61 bits per heavy atom. The van der Waals surface area contributed by atoms with Crippen LogP contribution < -0.4 is 5.73 Å². The molecule has 1 saturated heterocycles. The van der Waals surface area contributed by atoms with Gasteiger partial charge in [-0.25, -0.2) is 4.98 Å². The second-order valence-electron chi connectivity index (χ2n) is 5.13. The minimum Gasteiger partial charge on any atom is -0.379 e. The fourth-order valence-corrected chi connectivity index (χ4v) is 3.19. The van der Waals surface area contributed by atoms with Gasteiger partial charge < -0.3 is 10.5 Å². The molecular formula is C12H22ClN3OS. The molecule has 104 valence electrons. The van der Waals surface area contributed by atoms with E-state index in [4.69, 9.17) is 10.5 Å². The van der Waals surface area contributed by atoms with E-state index in [0.29, 0.717) is 12.0 Å². The highest BCUT2D eigenvalue weighted by Crippen LogP contribution is 2.30. The van der Waals surface area contributed by atoms with Crippen LogP contribution in [0.5, 0.6) is 0 Å². The van der Waals surface area contributed by atoms with Crippen molar-refractivity contribution in [1.82, 2.24) is 9.88 Å². The summed E-state index contributed by atoms with van der Waals surface area (Å²) in [7, 11) is 1.71. The molecule has 2 N–H and O–H groups in total. The molecule has 0 radical (unpaired) electrons. The lowest BCUT2D eigenvalue weighted by Crippen LogP contribution is -2.31. The molecule has 1 aromatic heterocycles. The second kappa shape index (κ2) is 6.82. The largest absolute Gasteiger partial charge is 0.379 e. The summed E-state index contributed by atoms with van der Waals surface area (Å²) in [6.07, 6.45) is 3.11. The highest BCUT2D eigenvalue weighted by molar-refractivity contribution is 7.11. The molecule has 4 nitrogen and oxygen atoms in total. The fraction of sp³-hybridized carbons (Fsp3) is 0.750. The third-order valence-corrected chi connectivity index (χ3v) is 4.33. The average molecular weight is 292 g/mol. The van der Waals surface area contributed by atoms with Gasteiger partial charge in [0.25, 0.3) is 0 Å². The summed E-state index contributed by atoms with van der Waals surface area (Å²) in [4.78, 5) is 8.08. The molecule has 0 bridgehead atoms. The topological polar surface area (TPSA) is 51.4 Å². The lowest BCUT2D eigenvalue weighted by molar-refractivity contribution is 0.187. The van der Waals surface area contributed by atoms with Crippen molar-refractivity contribution in [3.63, 3.8) is 0 Å². The Balaban J connectivity index is 0.00000162. The summed E-state index contributed by atoms with van der Waals surface area (Å²) in [5, 5.41) is 1.18. The molecule has 1 unspecified atom stereocenters. The summed E-state index contributed by atoms with van der Waals surface area (Å²) in [5.41, 5.74) is 6.11. The van der Waals surface area contributed by atoms with Gasteiger partial charge >= 0.3 is 0 Å². The Morgan fingerprint density at radius 3 is 3.00 bits per heavy atom. The number of rotatable bonds is 5. The van der Waals surface area contributed by atoms with E-state index in [2.05, 4.69) is 16.8 Å². The van der Waals surface area contributed by atoms with Crippen molar-refractivity contribution >= 4 is 23.7 Å². The molecule has 1 aliphatic rings. The number of likely N-dealkylation sites (tertiary alicyclic amines) is 1. The Hall–Kier alpha value is -0.200. The molecule has 1 aliphatic heterocycles. The lowest BCUT2D eigenvalue weighted by Gasteiger charge is -2.21. The first-order valence-corrected chi connectivity index (χ1v) is 6.82. The van der Waals surface area contributed by atoms with E-state index in [9.17, 15) is 0 Å². The zero-order valence-electron chi connectivity index (χ0n) is 11.0. The highest BCUT2D eigenvalue weighted by Gasteiger charge is 2.32. The van der Waals surface area contributed by atoms with Gasteiger partial charge in [-0.15, -0.1) is 23.7 Å². The summed E-state index contributed by atoms with van der Waals surface area (Å²) < 4.78 is 5.10. The van der Waals surface area contributed by atoms with Gasteiger partial charge in [0, 0.05) is 19.9 Å². The molecular weight excluding hydrogens is 270 g/mol. The van der Waals surface area contributed by atoms with E-state index in [-0.39, 0.29) is 12.4 Å². The Labute approximate surface area is 119 Å². The molecule has 1 fully saturated rings. The molecule has 0 spiro atoms. The predicted octanol–water partition coefficient (Wildman–Crippen LogP) is 1.88. The van der Waals surface area contributed by atoms with Crippen LogP contribution >= 0.6 is 23.7 Å². The second-order valence-corrected chi connectivity index (χ2v) is 6.33. The van der Waals surface area contributed by atoms with Gasteiger partial charge in [-0.2, -0.15) is 0 Å². The maximum absolute atomic E-state index is 5.81. The van der Waals surface area contributed by atoms with Gasteiger partial charge in [-0.05, 0) is 24.9 Å². The van der Waals surface area contributed by atoms with E-state index < -0.39 is 0 Å². The van der Waals surface area contributed by atoms with Crippen LogP contribution in [-0.2, 0) is 17.9 Å². The van der Waals surface area contributed by atoms with Crippen LogP contribution in [0, 0.1) is 5.41 Å². The van der Waals surface area contributed by atoms with Crippen LogP contribution in [-0.4, -0.2) is 36.6 Å². The van der Waals surface area contributed by atoms with Crippen molar-refractivity contribution in [2.24, 2.45) is 11.1 Å². The van der Waals surface area contributed by atoms with Crippen molar-refractivity contribution in [1.29, 1.82) is 0 Å². The summed E-state index contributed by atoms with van der Waals surface area (Å²) in [5.74, 6) is 0. The van der Waals surface area contributed by atoms with Crippen molar-refractivity contribution in [2.45, 2.75) is 26.5 Å². The van der Waals surface area contributed by atoms with Gasteiger partial charge in [0.15, 0.2) is 0 Å². The number of nitrogens with two attached hydrogens (primary N) is 1. The lowest BCUT2D eigenvalue weighted by atomic mass is 9.90. The maximum Gasteiger partial charge on any atom is 0.107 e. The Bertz CT molecular complexity index is 374. The fourth-order valence-electron chi connectivity index (χ4n) is 2.25. The van der Waals surface area contributed by atoms with Gasteiger partial charge in [0.1, 0.15) is 5.01 Å². The number of methoxy groups -OCH3 is 1. The van der Waals surface area contributed by atoms with Crippen LogP contribution in [0.2, 0.25) is 0 Å². The zero-order chi connectivity index (χ0) is 12.3. The Kier molecular flexibility index (Phi) is 6.01. The standard InChI is InChI=1S/C12H21N3OS.ClH/c1-12(8-13)3-4-15(9-12)6-11-14-5-10(17-11)7-16-2;/h5H,3-4,6-9,13H2,1-2H3;1H. The van der Waals surface area contributed by atoms with Gasteiger partial charge in [0.2, 0.25) is 0 Å². The molecule has 0 saturated carbocycles. The average Bonchev–Trinajstić information content (AvgIpc) is 2.89. The van der Waals surface area contributed by atoms with E-state index in [1.54, 1.807) is 18.4 Å². The number of ether oxygens (including phenoxy) is 1. The van der Waals surface area contributed by atoms with E-state index in [1.165, 1.54) is 16.3 Å². The van der Waals surface area contributed by atoms with Gasteiger partial charge in [-0.1, -0.05) is 6.92 Å². The van der Waals surface area contributed by atoms with E-state index >= 15 is 0 Å². The van der Waals surface area contributed by atoms with Crippen molar-refractivity contribution in [2.75, 3.05) is 26.7 Å². The van der Waals surface area contributed by atoms with Crippen LogP contribution in [0.15, 0.2) is 6.20 Å². The molecule has 2 heterocycles. The molecule has 0 aromatic carbocycles. The molecule has 1 atom stereocenters. The number of aromatic nitrogens is 1. The van der Waals surface area contributed by atoms with Crippen LogP contribution in [0.25, 0.3) is 0 Å². The molecule has 0 aliphatic carbocycles. The number of halogens is 1. The van der Waals surface area contributed by atoms with Crippen molar-refractivity contribution < 1.29 is 4.74 Å². The predicted molar refractivity (Wildman–Crippen MR) is 77.1 cm³/mol. The van der Waals surface area contributed by atoms with Crippen LogP contribution in [0.4, 0.5) is 0 Å². The van der Waals surface area contributed by atoms with Crippen molar-refractivity contribution in [3.8, 4) is 0 Å². The molecule has 1 aromatic rings. The van der Waals surface area contributed by atoms with Crippen LogP contribution in [0.3, 0.4) is 0 Å². The van der Waals surface area contributed by atoms with Crippen LogP contribution in [0.1, 0.15) is 23.2 Å². The molecule has 6 heteroatoms. The smallest absolute Gasteiger partial charge is 0.107 e. The van der Waals surface area contributed by atoms with E-state index in [1.807, 2.05) is 6.20 Å². The molecule has 0 amide bonds.